The first-order chi connectivity index (χ1) is 12.1. The summed E-state index contributed by atoms with van der Waals surface area (Å²) in [5, 5.41) is 3.12. The molecule has 1 aliphatic heterocycles. The molecule has 2 aromatic carbocycles. The van der Waals surface area contributed by atoms with Crippen molar-refractivity contribution in [2.75, 3.05) is 14.2 Å². The van der Waals surface area contributed by atoms with Crippen molar-refractivity contribution in [1.82, 2.24) is 16.2 Å². The second kappa shape index (κ2) is 7.55. The average Bonchev–Trinajstić information content (AvgIpc) is 3.02. The Morgan fingerprint density at radius 3 is 2.24 bits per heavy atom. The second-order valence-corrected chi connectivity index (χ2v) is 6.07. The number of nitrogens with one attached hydrogen (secondary N) is 3. The molecule has 0 bridgehead atoms. The van der Waals surface area contributed by atoms with Gasteiger partial charge in [-0.05, 0) is 24.6 Å². The van der Waals surface area contributed by atoms with E-state index in [-0.39, 0.29) is 24.0 Å². The number of methoxy groups -OCH3 is 2. The number of carbonyl (C=O) groups excluding carboxylic acids is 1. The fraction of sp³-hybridized carbons (Fsp3) is 0.316. The van der Waals surface area contributed by atoms with Crippen LogP contribution in [0.2, 0.25) is 0 Å². The first-order valence-corrected chi connectivity index (χ1v) is 8.22. The van der Waals surface area contributed by atoms with Gasteiger partial charge in [0.05, 0.1) is 26.3 Å². The number of hydrogen-bond donors (Lipinski definition) is 3. The van der Waals surface area contributed by atoms with E-state index in [9.17, 15) is 4.79 Å². The van der Waals surface area contributed by atoms with E-state index in [0.717, 1.165) is 5.56 Å². The maximum atomic E-state index is 12.8. The molecule has 2 aromatic rings. The van der Waals surface area contributed by atoms with Crippen LogP contribution in [0.15, 0.2) is 48.5 Å². The molecule has 6 nitrogen and oxygen atoms in total. The predicted molar refractivity (Wildman–Crippen MR) is 95.7 cm³/mol. The van der Waals surface area contributed by atoms with E-state index in [2.05, 4.69) is 16.2 Å². The van der Waals surface area contributed by atoms with Gasteiger partial charge in [0, 0.05) is 17.7 Å². The first kappa shape index (κ1) is 17.3. The minimum Gasteiger partial charge on any atom is -0.497 e. The fourth-order valence-electron chi connectivity index (χ4n) is 3.02. The van der Waals surface area contributed by atoms with Crippen molar-refractivity contribution in [2.24, 2.45) is 0 Å². The lowest BCUT2D eigenvalue weighted by molar-refractivity contribution is 0.0930. The SMILES string of the molecule is COc1cc(OC)cc(C(=O)NC2C(C)NNC2c2ccccc2)c1. The molecule has 0 aromatic heterocycles. The van der Waals surface area contributed by atoms with Crippen molar-refractivity contribution in [3.63, 3.8) is 0 Å². The average molecular weight is 341 g/mol. The molecule has 0 radical (unpaired) electrons. The summed E-state index contributed by atoms with van der Waals surface area (Å²) in [5.41, 5.74) is 8.09. The molecule has 132 valence electrons. The highest BCUT2D eigenvalue weighted by Gasteiger charge is 2.35. The van der Waals surface area contributed by atoms with Gasteiger partial charge in [-0.25, -0.2) is 5.43 Å². The number of rotatable bonds is 5. The molecule has 1 aliphatic rings. The molecule has 1 fully saturated rings. The van der Waals surface area contributed by atoms with Crippen molar-refractivity contribution in [3.8, 4) is 11.5 Å². The van der Waals surface area contributed by atoms with Gasteiger partial charge >= 0.3 is 0 Å². The summed E-state index contributed by atoms with van der Waals surface area (Å²) in [6.45, 7) is 2.03. The van der Waals surface area contributed by atoms with Gasteiger partial charge in [0.25, 0.3) is 5.91 Å². The maximum Gasteiger partial charge on any atom is 0.251 e. The van der Waals surface area contributed by atoms with Crippen LogP contribution in [0.25, 0.3) is 0 Å². The van der Waals surface area contributed by atoms with E-state index < -0.39 is 0 Å². The van der Waals surface area contributed by atoms with Gasteiger partial charge in [-0.15, -0.1) is 0 Å². The van der Waals surface area contributed by atoms with Crippen LogP contribution in [-0.4, -0.2) is 32.2 Å². The lowest BCUT2D eigenvalue weighted by atomic mass is 9.97. The Morgan fingerprint density at radius 1 is 1.00 bits per heavy atom. The molecule has 3 N–H and O–H groups in total. The fourth-order valence-corrected chi connectivity index (χ4v) is 3.02. The lowest BCUT2D eigenvalue weighted by Crippen LogP contribution is -2.44. The number of amides is 1. The van der Waals surface area contributed by atoms with Crippen molar-refractivity contribution < 1.29 is 14.3 Å². The van der Waals surface area contributed by atoms with E-state index in [0.29, 0.717) is 17.1 Å². The smallest absolute Gasteiger partial charge is 0.251 e. The summed E-state index contributed by atoms with van der Waals surface area (Å²) in [4.78, 5) is 12.8. The predicted octanol–water partition coefficient (Wildman–Crippen LogP) is 2.04. The molecule has 1 heterocycles. The highest BCUT2D eigenvalue weighted by molar-refractivity contribution is 5.95. The Bertz CT molecular complexity index is 714. The van der Waals surface area contributed by atoms with E-state index in [1.165, 1.54) is 0 Å². The van der Waals surface area contributed by atoms with Crippen LogP contribution in [0.1, 0.15) is 28.9 Å². The molecule has 3 unspecified atom stereocenters. The van der Waals surface area contributed by atoms with Crippen LogP contribution < -0.4 is 25.6 Å². The zero-order chi connectivity index (χ0) is 17.8. The summed E-state index contributed by atoms with van der Waals surface area (Å²) in [7, 11) is 3.13. The number of carbonyl (C=O) groups is 1. The molecule has 3 atom stereocenters. The second-order valence-electron chi connectivity index (χ2n) is 6.07. The van der Waals surface area contributed by atoms with Crippen molar-refractivity contribution in [2.45, 2.75) is 25.0 Å². The first-order valence-electron chi connectivity index (χ1n) is 8.22. The van der Waals surface area contributed by atoms with Crippen LogP contribution in [0.5, 0.6) is 11.5 Å². The lowest BCUT2D eigenvalue weighted by Gasteiger charge is -2.23. The molecule has 6 heteroatoms. The molecule has 0 saturated carbocycles. The topological polar surface area (TPSA) is 71.6 Å². The quantitative estimate of drug-likeness (QED) is 0.776. The maximum absolute atomic E-state index is 12.8. The van der Waals surface area contributed by atoms with E-state index in [4.69, 9.17) is 9.47 Å². The Labute approximate surface area is 147 Å². The largest absolute Gasteiger partial charge is 0.497 e. The monoisotopic (exact) mass is 341 g/mol. The number of benzene rings is 2. The summed E-state index contributed by atoms with van der Waals surface area (Å²) < 4.78 is 10.5. The van der Waals surface area contributed by atoms with Crippen LogP contribution >= 0.6 is 0 Å². The van der Waals surface area contributed by atoms with Gasteiger partial charge in [-0.3, -0.25) is 10.2 Å². The molecule has 25 heavy (non-hydrogen) atoms. The highest BCUT2D eigenvalue weighted by atomic mass is 16.5. The zero-order valence-electron chi connectivity index (χ0n) is 14.6. The Kier molecular flexibility index (Phi) is 5.21. The molecule has 1 saturated heterocycles. The van der Waals surface area contributed by atoms with Crippen molar-refractivity contribution in [3.05, 3.63) is 59.7 Å². The minimum absolute atomic E-state index is 0.00680. The number of hydrazine groups is 1. The molecule has 0 aliphatic carbocycles. The summed E-state index contributed by atoms with van der Waals surface area (Å²) in [5.74, 6) is 1.00. The summed E-state index contributed by atoms with van der Waals surface area (Å²) in [6.07, 6.45) is 0. The Morgan fingerprint density at radius 2 is 1.64 bits per heavy atom. The van der Waals surface area contributed by atoms with E-state index in [1.54, 1.807) is 32.4 Å². The molecular weight excluding hydrogens is 318 g/mol. The van der Waals surface area contributed by atoms with Gasteiger partial charge in [-0.1, -0.05) is 30.3 Å². The van der Waals surface area contributed by atoms with Gasteiger partial charge in [-0.2, -0.15) is 0 Å². The third-order valence-electron chi connectivity index (χ3n) is 4.43. The number of hydrogen-bond acceptors (Lipinski definition) is 5. The van der Waals surface area contributed by atoms with Crippen LogP contribution in [0.4, 0.5) is 0 Å². The Balaban J connectivity index is 1.81. The van der Waals surface area contributed by atoms with Crippen LogP contribution in [0, 0.1) is 0 Å². The number of ether oxygens (including phenoxy) is 2. The van der Waals surface area contributed by atoms with Gasteiger partial charge < -0.3 is 14.8 Å². The Hall–Kier alpha value is -2.57. The summed E-state index contributed by atoms with van der Waals surface area (Å²) in [6, 6.07) is 15.2. The van der Waals surface area contributed by atoms with E-state index in [1.807, 2.05) is 37.3 Å². The van der Waals surface area contributed by atoms with E-state index >= 15 is 0 Å². The van der Waals surface area contributed by atoms with Gasteiger partial charge in [0.15, 0.2) is 0 Å². The molecular formula is C19H23N3O3. The zero-order valence-corrected chi connectivity index (χ0v) is 14.6. The third-order valence-corrected chi connectivity index (χ3v) is 4.43. The van der Waals surface area contributed by atoms with Crippen LogP contribution in [0.3, 0.4) is 0 Å². The standard InChI is InChI=1S/C19H23N3O3/c1-12-17(18(22-21-12)13-7-5-4-6-8-13)20-19(23)14-9-15(24-2)11-16(10-14)25-3/h4-12,17-18,21-22H,1-3H3,(H,20,23). The molecule has 1 amide bonds. The van der Waals surface area contributed by atoms with Crippen molar-refractivity contribution in [1.29, 1.82) is 0 Å². The molecule has 0 spiro atoms. The van der Waals surface area contributed by atoms with Gasteiger partial charge in [0.1, 0.15) is 11.5 Å². The van der Waals surface area contributed by atoms with Crippen molar-refractivity contribution >= 4 is 5.91 Å². The third kappa shape index (κ3) is 3.75. The van der Waals surface area contributed by atoms with Crippen LogP contribution in [-0.2, 0) is 0 Å². The summed E-state index contributed by atoms with van der Waals surface area (Å²) >= 11 is 0. The van der Waals surface area contributed by atoms with Gasteiger partial charge in [0.2, 0.25) is 0 Å². The minimum atomic E-state index is -0.166. The molecule has 3 rings (SSSR count). The normalized spacial score (nSPS) is 22.4. The highest BCUT2D eigenvalue weighted by Crippen LogP contribution is 2.25.